The number of benzene rings is 1. The van der Waals surface area contributed by atoms with Crippen molar-refractivity contribution in [2.75, 3.05) is 13.1 Å². The van der Waals surface area contributed by atoms with Gasteiger partial charge in [-0.3, -0.25) is 0 Å². The molecular formula is C14H21NO. The predicted molar refractivity (Wildman–Crippen MR) is 67.0 cm³/mol. The topological polar surface area (TPSA) is 21.3 Å². The average molecular weight is 219 g/mol. The summed E-state index contributed by atoms with van der Waals surface area (Å²) in [6, 6.07) is 8.34. The van der Waals surface area contributed by atoms with E-state index in [1.165, 1.54) is 24.8 Å². The summed E-state index contributed by atoms with van der Waals surface area (Å²) in [5.41, 5.74) is 1.35. The molecule has 2 rings (SSSR count). The SMILES string of the molecule is CCCCCNCC1Cc2ccccc2O1. The molecule has 0 fully saturated rings. The van der Waals surface area contributed by atoms with Gasteiger partial charge in [0.25, 0.3) is 0 Å². The van der Waals surface area contributed by atoms with E-state index in [0.717, 1.165) is 25.3 Å². The van der Waals surface area contributed by atoms with Crippen LogP contribution in [-0.4, -0.2) is 19.2 Å². The molecule has 1 unspecified atom stereocenters. The summed E-state index contributed by atoms with van der Waals surface area (Å²) < 4.78 is 5.85. The van der Waals surface area contributed by atoms with Gasteiger partial charge >= 0.3 is 0 Å². The fourth-order valence-electron chi connectivity index (χ4n) is 2.13. The van der Waals surface area contributed by atoms with Gasteiger partial charge in [-0.1, -0.05) is 38.0 Å². The first-order valence-corrected chi connectivity index (χ1v) is 6.35. The van der Waals surface area contributed by atoms with Crippen molar-refractivity contribution in [3.05, 3.63) is 29.8 Å². The lowest BCUT2D eigenvalue weighted by atomic mass is 10.1. The highest BCUT2D eigenvalue weighted by molar-refractivity contribution is 5.37. The third-order valence-electron chi connectivity index (χ3n) is 3.04. The van der Waals surface area contributed by atoms with E-state index >= 15 is 0 Å². The lowest BCUT2D eigenvalue weighted by molar-refractivity contribution is 0.227. The Morgan fingerprint density at radius 1 is 1.31 bits per heavy atom. The Kier molecular flexibility index (Phi) is 4.23. The Morgan fingerprint density at radius 3 is 3.00 bits per heavy atom. The van der Waals surface area contributed by atoms with Crippen molar-refractivity contribution in [3.8, 4) is 5.75 Å². The number of rotatable bonds is 6. The van der Waals surface area contributed by atoms with Gasteiger partial charge in [-0.25, -0.2) is 0 Å². The predicted octanol–water partition coefficient (Wildman–Crippen LogP) is 2.77. The van der Waals surface area contributed by atoms with Gasteiger partial charge < -0.3 is 10.1 Å². The van der Waals surface area contributed by atoms with Crippen molar-refractivity contribution >= 4 is 0 Å². The molecule has 1 aliphatic heterocycles. The Hall–Kier alpha value is -1.02. The number of para-hydroxylation sites is 1. The van der Waals surface area contributed by atoms with E-state index in [1.54, 1.807) is 0 Å². The maximum Gasteiger partial charge on any atom is 0.123 e. The fraction of sp³-hybridized carbons (Fsp3) is 0.571. The molecule has 2 nitrogen and oxygen atoms in total. The Morgan fingerprint density at radius 2 is 2.19 bits per heavy atom. The molecule has 16 heavy (non-hydrogen) atoms. The first-order valence-electron chi connectivity index (χ1n) is 6.35. The molecule has 0 aliphatic carbocycles. The van der Waals surface area contributed by atoms with Crippen LogP contribution in [0.1, 0.15) is 31.7 Å². The van der Waals surface area contributed by atoms with Crippen molar-refractivity contribution in [1.82, 2.24) is 5.32 Å². The van der Waals surface area contributed by atoms with Crippen LogP contribution in [0.3, 0.4) is 0 Å². The number of ether oxygens (including phenoxy) is 1. The van der Waals surface area contributed by atoms with Crippen LogP contribution in [0.5, 0.6) is 5.75 Å². The molecule has 0 radical (unpaired) electrons. The van der Waals surface area contributed by atoms with Gasteiger partial charge in [0, 0.05) is 13.0 Å². The number of nitrogens with one attached hydrogen (secondary N) is 1. The third-order valence-corrected chi connectivity index (χ3v) is 3.04. The van der Waals surface area contributed by atoms with E-state index < -0.39 is 0 Å². The minimum atomic E-state index is 0.332. The van der Waals surface area contributed by atoms with E-state index in [0.29, 0.717) is 6.10 Å². The zero-order valence-electron chi connectivity index (χ0n) is 10.0. The zero-order chi connectivity index (χ0) is 11.2. The summed E-state index contributed by atoms with van der Waals surface area (Å²) in [6.45, 7) is 4.32. The normalized spacial score (nSPS) is 18.2. The van der Waals surface area contributed by atoms with Gasteiger partial charge in [0.1, 0.15) is 11.9 Å². The minimum absolute atomic E-state index is 0.332. The number of hydrogen-bond donors (Lipinski definition) is 1. The molecule has 1 N–H and O–H groups in total. The first-order chi connectivity index (χ1) is 7.90. The number of hydrogen-bond acceptors (Lipinski definition) is 2. The smallest absolute Gasteiger partial charge is 0.123 e. The van der Waals surface area contributed by atoms with Crippen molar-refractivity contribution in [3.63, 3.8) is 0 Å². The molecule has 1 aromatic rings. The number of fused-ring (bicyclic) bond motifs is 1. The van der Waals surface area contributed by atoms with E-state index in [-0.39, 0.29) is 0 Å². The van der Waals surface area contributed by atoms with Crippen LogP contribution >= 0.6 is 0 Å². The third kappa shape index (κ3) is 2.99. The van der Waals surface area contributed by atoms with Crippen molar-refractivity contribution in [2.24, 2.45) is 0 Å². The molecular weight excluding hydrogens is 198 g/mol. The molecule has 0 saturated carbocycles. The van der Waals surface area contributed by atoms with Crippen LogP contribution in [0.15, 0.2) is 24.3 Å². The van der Waals surface area contributed by atoms with Crippen LogP contribution in [0.25, 0.3) is 0 Å². The molecule has 0 aromatic heterocycles. The Balaban J connectivity index is 1.67. The summed E-state index contributed by atoms with van der Waals surface area (Å²) in [5, 5.41) is 3.47. The molecule has 1 aromatic carbocycles. The second kappa shape index (κ2) is 5.90. The molecule has 1 heterocycles. The van der Waals surface area contributed by atoms with Gasteiger partial charge in [0.2, 0.25) is 0 Å². The molecule has 2 heteroatoms. The van der Waals surface area contributed by atoms with E-state index in [2.05, 4.69) is 30.4 Å². The Bertz CT molecular complexity index is 299. The van der Waals surface area contributed by atoms with Gasteiger partial charge in [-0.05, 0) is 24.6 Å². The van der Waals surface area contributed by atoms with Gasteiger partial charge in [0.05, 0.1) is 0 Å². The highest BCUT2D eigenvalue weighted by Gasteiger charge is 2.21. The largest absolute Gasteiger partial charge is 0.488 e. The summed E-state index contributed by atoms with van der Waals surface area (Å²) in [5.74, 6) is 1.07. The van der Waals surface area contributed by atoms with E-state index in [9.17, 15) is 0 Å². The van der Waals surface area contributed by atoms with Crippen LogP contribution in [0.4, 0.5) is 0 Å². The quantitative estimate of drug-likeness (QED) is 0.743. The van der Waals surface area contributed by atoms with Gasteiger partial charge in [-0.15, -0.1) is 0 Å². The minimum Gasteiger partial charge on any atom is -0.488 e. The molecule has 0 spiro atoms. The second-order valence-electron chi connectivity index (χ2n) is 4.46. The molecule has 0 bridgehead atoms. The van der Waals surface area contributed by atoms with Gasteiger partial charge in [-0.2, -0.15) is 0 Å². The fourth-order valence-corrected chi connectivity index (χ4v) is 2.13. The maximum atomic E-state index is 5.85. The summed E-state index contributed by atoms with van der Waals surface area (Å²) in [6.07, 6.45) is 5.26. The lowest BCUT2D eigenvalue weighted by Crippen LogP contribution is -2.30. The van der Waals surface area contributed by atoms with Crippen LogP contribution in [-0.2, 0) is 6.42 Å². The standard InChI is InChI=1S/C14H21NO/c1-2-3-6-9-15-11-13-10-12-7-4-5-8-14(12)16-13/h4-5,7-8,13,15H,2-3,6,9-11H2,1H3. The lowest BCUT2D eigenvalue weighted by Gasteiger charge is -2.11. The number of unbranched alkanes of at least 4 members (excludes halogenated alkanes) is 2. The molecule has 1 atom stereocenters. The summed E-state index contributed by atoms with van der Waals surface area (Å²) in [7, 11) is 0. The first kappa shape index (κ1) is 11.5. The van der Waals surface area contributed by atoms with Gasteiger partial charge in [0.15, 0.2) is 0 Å². The molecule has 0 amide bonds. The van der Waals surface area contributed by atoms with Crippen LogP contribution in [0, 0.1) is 0 Å². The highest BCUT2D eigenvalue weighted by Crippen LogP contribution is 2.27. The van der Waals surface area contributed by atoms with Crippen molar-refractivity contribution in [2.45, 2.75) is 38.7 Å². The van der Waals surface area contributed by atoms with Crippen molar-refractivity contribution in [1.29, 1.82) is 0 Å². The second-order valence-corrected chi connectivity index (χ2v) is 4.46. The maximum absolute atomic E-state index is 5.85. The van der Waals surface area contributed by atoms with E-state index in [4.69, 9.17) is 4.74 Å². The molecule has 0 saturated heterocycles. The zero-order valence-corrected chi connectivity index (χ0v) is 10.0. The monoisotopic (exact) mass is 219 g/mol. The summed E-state index contributed by atoms with van der Waals surface area (Å²) in [4.78, 5) is 0. The van der Waals surface area contributed by atoms with E-state index in [1.807, 2.05) is 6.07 Å². The van der Waals surface area contributed by atoms with Crippen LogP contribution < -0.4 is 10.1 Å². The molecule has 88 valence electrons. The van der Waals surface area contributed by atoms with Crippen molar-refractivity contribution < 1.29 is 4.74 Å². The average Bonchev–Trinajstić information content (AvgIpc) is 2.71. The summed E-state index contributed by atoms with van der Waals surface area (Å²) >= 11 is 0. The van der Waals surface area contributed by atoms with Crippen LogP contribution in [0.2, 0.25) is 0 Å². The Labute approximate surface area is 98.0 Å². The molecule has 1 aliphatic rings. The highest BCUT2D eigenvalue weighted by atomic mass is 16.5.